The van der Waals surface area contributed by atoms with Crippen LogP contribution in [0.5, 0.6) is 5.75 Å². The first-order valence-electron chi connectivity index (χ1n) is 7.52. The molecule has 24 heavy (non-hydrogen) atoms. The number of amides is 1. The number of carbonyl (C=O) groups excluding carboxylic acids is 1. The first kappa shape index (κ1) is 17.0. The molecule has 128 valence electrons. The molecule has 0 spiro atoms. The first-order valence-corrected chi connectivity index (χ1v) is 10.4. The van der Waals surface area contributed by atoms with Gasteiger partial charge in [0.1, 0.15) is 11.3 Å². The molecule has 1 saturated heterocycles. The van der Waals surface area contributed by atoms with E-state index >= 15 is 0 Å². The summed E-state index contributed by atoms with van der Waals surface area (Å²) in [7, 11) is -1.34. The molecule has 8 heteroatoms. The average Bonchev–Trinajstić information content (AvgIpc) is 2.92. The molecule has 1 aromatic heterocycles. The summed E-state index contributed by atoms with van der Waals surface area (Å²) in [4.78, 5) is 16.5. The van der Waals surface area contributed by atoms with Crippen molar-refractivity contribution in [2.24, 2.45) is 0 Å². The molecule has 3 rings (SSSR count). The molecule has 1 amide bonds. The topological polar surface area (TPSA) is 85.4 Å². The van der Waals surface area contributed by atoms with Crippen LogP contribution in [0.25, 0.3) is 10.9 Å². The molecular weight excluding hydrogens is 348 g/mol. The van der Waals surface area contributed by atoms with E-state index in [1.54, 1.807) is 31.5 Å². The zero-order valence-corrected chi connectivity index (χ0v) is 14.8. The summed E-state index contributed by atoms with van der Waals surface area (Å²) in [6.07, 6.45) is 2.29. The number of rotatable bonds is 5. The third kappa shape index (κ3) is 3.81. The smallest absolute Gasteiger partial charge is 0.234 e. The Morgan fingerprint density at radius 1 is 1.42 bits per heavy atom. The summed E-state index contributed by atoms with van der Waals surface area (Å²) in [5.41, 5.74) is 1.36. The predicted molar refractivity (Wildman–Crippen MR) is 96.4 cm³/mol. The molecule has 1 aromatic carbocycles. The highest BCUT2D eigenvalue weighted by Gasteiger charge is 2.28. The van der Waals surface area contributed by atoms with Gasteiger partial charge >= 0.3 is 0 Å². The van der Waals surface area contributed by atoms with Gasteiger partial charge in [-0.3, -0.25) is 9.78 Å². The maximum absolute atomic E-state index is 12.2. The van der Waals surface area contributed by atoms with Crippen molar-refractivity contribution in [1.82, 2.24) is 4.98 Å². The van der Waals surface area contributed by atoms with Crippen LogP contribution in [-0.4, -0.2) is 48.9 Å². The second-order valence-electron chi connectivity index (χ2n) is 5.60. The van der Waals surface area contributed by atoms with Crippen molar-refractivity contribution in [2.75, 3.05) is 29.7 Å². The number of pyridine rings is 1. The van der Waals surface area contributed by atoms with Crippen LogP contribution in [0, 0.1) is 0 Å². The molecule has 2 aromatic rings. The summed E-state index contributed by atoms with van der Waals surface area (Å²) < 4.78 is 28.2. The van der Waals surface area contributed by atoms with E-state index < -0.39 is 9.84 Å². The molecule has 0 aliphatic carbocycles. The molecule has 1 atom stereocenters. The second kappa shape index (κ2) is 6.98. The lowest BCUT2D eigenvalue weighted by Crippen LogP contribution is -2.17. The first-order chi connectivity index (χ1) is 11.5. The number of nitrogens with one attached hydrogen (secondary N) is 1. The molecule has 1 unspecified atom stereocenters. The Kier molecular flexibility index (Phi) is 4.96. The zero-order valence-electron chi connectivity index (χ0n) is 13.2. The van der Waals surface area contributed by atoms with E-state index in [2.05, 4.69) is 10.3 Å². The number of hydrogen-bond acceptors (Lipinski definition) is 6. The molecule has 2 heterocycles. The molecule has 1 N–H and O–H groups in total. The van der Waals surface area contributed by atoms with Crippen LogP contribution in [0.2, 0.25) is 0 Å². The number of nitrogens with zero attached hydrogens (tertiary/aromatic N) is 1. The summed E-state index contributed by atoms with van der Waals surface area (Å²) >= 11 is 1.40. The van der Waals surface area contributed by atoms with E-state index in [1.165, 1.54) is 11.8 Å². The van der Waals surface area contributed by atoms with Crippen molar-refractivity contribution < 1.29 is 17.9 Å². The number of fused-ring (bicyclic) bond motifs is 1. The van der Waals surface area contributed by atoms with E-state index in [0.29, 0.717) is 23.4 Å². The van der Waals surface area contributed by atoms with Crippen molar-refractivity contribution in [2.45, 2.75) is 11.7 Å². The van der Waals surface area contributed by atoms with Gasteiger partial charge in [0.05, 0.1) is 30.1 Å². The second-order valence-corrected chi connectivity index (χ2v) is 9.12. The van der Waals surface area contributed by atoms with Gasteiger partial charge in [-0.2, -0.15) is 0 Å². The number of ether oxygens (including phenoxy) is 1. The number of sulfone groups is 1. The largest absolute Gasteiger partial charge is 0.494 e. The van der Waals surface area contributed by atoms with Gasteiger partial charge in [-0.15, -0.1) is 11.8 Å². The molecule has 1 aliphatic rings. The van der Waals surface area contributed by atoms with E-state index in [-0.39, 0.29) is 28.4 Å². The summed E-state index contributed by atoms with van der Waals surface area (Å²) in [6, 6.07) is 7.22. The van der Waals surface area contributed by atoms with Gasteiger partial charge in [0.2, 0.25) is 5.91 Å². The molecular formula is C16H18N2O4S2. The minimum atomic E-state index is -2.91. The van der Waals surface area contributed by atoms with Gasteiger partial charge < -0.3 is 10.1 Å². The Bertz CT molecular complexity index is 868. The number of aromatic nitrogens is 1. The predicted octanol–water partition coefficient (Wildman–Crippen LogP) is 2.10. The van der Waals surface area contributed by atoms with Gasteiger partial charge in [0.15, 0.2) is 9.84 Å². The standard InChI is InChI=1S/C16H18N2O4S2/c1-22-14-5-4-13(12-3-2-7-17-16(12)14)18-15(19)9-23-11-6-8-24(20,21)10-11/h2-5,7,11H,6,8-10H2,1H3,(H,18,19). The van der Waals surface area contributed by atoms with Crippen molar-refractivity contribution in [3.05, 3.63) is 30.5 Å². The fourth-order valence-electron chi connectivity index (χ4n) is 2.69. The molecule has 6 nitrogen and oxygen atoms in total. The number of hydrogen-bond donors (Lipinski definition) is 1. The minimum absolute atomic E-state index is 0.00929. The highest BCUT2D eigenvalue weighted by molar-refractivity contribution is 8.02. The SMILES string of the molecule is COc1ccc(NC(=O)CSC2CCS(=O)(=O)C2)c2cccnc12. The Morgan fingerprint density at radius 3 is 2.96 bits per heavy atom. The number of methoxy groups -OCH3 is 1. The van der Waals surface area contributed by atoms with Gasteiger partial charge in [0, 0.05) is 16.8 Å². The summed E-state index contributed by atoms with van der Waals surface area (Å²) in [5, 5.41) is 3.69. The highest BCUT2D eigenvalue weighted by Crippen LogP contribution is 2.30. The van der Waals surface area contributed by atoms with Gasteiger partial charge in [0.25, 0.3) is 0 Å². The van der Waals surface area contributed by atoms with Crippen LogP contribution in [-0.2, 0) is 14.6 Å². The Morgan fingerprint density at radius 2 is 2.25 bits per heavy atom. The third-order valence-corrected chi connectivity index (χ3v) is 7.15. The molecule has 0 radical (unpaired) electrons. The monoisotopic (exact) mass is 366 g/mol. The Balaban J connectivity index is 1.68. The number of carbonyl (C=O) groups is 1. The fraction of sp³-hybridized carbons (Fsp3) is 0.375. The van der Waals surface area contributed by atoms with Gasteiger partial charge in [-0.25, -0.2) is 8.42 Å². The minimum Gasteiger partial charge on any atom is -0.494 e. The van der Waals surface area contributed by atoms with Crippen LogP contribution in [0.4, 0.5) is 5.69 Å². The zero-order chi connectivity index (χ0) is 17.2. The van der Waals surface area contributed by atoms with E-state index in [4.69, 9.17) is 4.74 Å². The Labute approximate surface area is 144 Å². The molecule has 1 aliphatic heterocycles. The number of anilines is 1. The molecule has 1 fully saturated rings. The van der Waals surface area contributed by atoms with Gasteiger partial charge in [-0.05, 0) is 30.7 Å². The van der Waals surface area contributed by atoms with Crippen molar-refractivity contribution in [1.29, 1.82) is 0 Å². The quantitative estimate of drug-likeness (QED) is 0.872. The third-order valence-electron chi connectivity index (χ3n) is 3.87. The van der Waals surface area contributed by atoms with E-state index in [9.17, 15) is 13.2 Å². The lowest BCUT2D eigenvalue weighted by Gasteiger charge is -2.12. The Hall–Kier alpha value is -1.80. The average molecular weight is 366 g/mol. The van der Waals surface area contributed by atoms with Crippen LogP contribution >= 0.6 is 11.8 Å². The van der Waals surface area contributed by atoms with E-state index in [0.717, 1.165) is 5.39 Å². The van der Waals surface area contributed by atoms with Crippen LogP contribution in [0.3, 0.4) is 0 Å². The van der Waals surface area contributed by atoms with Crippen molar-refractivity contribution >= 4 is 44.1 Å². The summed E-state index contributed by atoms with van der Waals surface area (Å²) in [5.74, 6) is 1.11. The fourth-order valence-corrected chi connectivity index (χ4v) is 6.14. The molecule has 0 bridgehead atoms. The van der Waals surface area contributed by atoms with Gasteiger partial charge in [-0.1, -0.05) is 0 Å². The maximum Gasteiger partial charge on any atom is 0.234 e. The van der Waals surface area contributed by atoms with Crippen molar-refractivity contribution in [3.63, 3.8) is 0 Å². The van der Waals surface area contributed by atoms with Crippen LogP contribution < -0.4 is 10.1 Å². The maximum atomic E-state index is 12.2. The highest BCUT2D eigenvalue weighted by atomic mass is 32.2. The number of thioether (sulfide) groups is 1. The van der Waals surface area contributed by atoms with E-state index in [1.807, 2.05) is 6.07 Å². The van der Waals surface area contributed by atoms with Crippen LogP contribution in [0.15, 0.2) is 30.5 Å². The summed E-state index contributed by atoms with van der Waals surface area (Å²) in [6.45, 7) is 0. The number of benzene rings is 1. The van der Waals surface area contributed by atoms with Crippen LogP contribution in [0.1, 0.15) is 6.42 Å². The van der Waals surface area contributed by atoms with Crippen molar-refractivity contribution in [3.8, 4) is 5.75 Å². The normalized spacial score (nSPS) is 19.3. The lowest BCUT2D eigenvalue weighted by molar-refractivity contribution is -0.113. The lowest BCUT2D eigenvalue weighted by atomic mass is 10.1. The molecule has 0 saturated carbocycles.